The molecule has 4 rings (SSSR count). The molecule has 0 bridgehead atoms. The molecular formula is C37H66ClN9O4Si4. The molecule has 0 saturated heterocycles. The summed E-state index contributed by atoms with van der Waals surface area (Å²) in [6, 6.07) is 11.7. The van der Waals surface area contributed by atoms with Gasteiger partial charge < -0.3 is 33.6 Å². The van der Waals surface area contributed by atoms with E-state index in [9.17, 15) is 0 Å². The number of fused-ring (bicyclic) bond motifs is 2. The number of halogens is 1. The molecule has 0 saturated carbocycles. The highest BCUT2D eigenvalue weighted by Crippen LogP contribution is 2.23. The Morgan fingerprint density at radius 1 is 0.582 bits per heavy atom. The maximum Gasteiger partial charge on any atom is 0.275 e. The Balaban J connectivity index is 0.000000296. The molecule has 13 nitrogen and oxygen atoms in total. The van der Waals surface area contributed by atoms with Crippen LogP contribution in [0.2, 0.25) is 108 Å². The van der Waals surface area contributed by atoms with E-state index < -0.39 is 32.3 Å². The van der Waals surface area contributed by atoms with Gasteiger partial charge in [-0.25, -0.2) is 4.98 Å². The van der Waals surface area contributed by atoms with Gasteiger partial charge in [0.05, 0.1) is 12.4 Å². The third-order valence-electron chi connectivity index (χ3n) is 8.37. The lowest BCUT2D eigenvalue weighted by Crippen LogP contribution is -2.33. The number of rotatable bonds is 22. The standard InChI is InChI=1S/C19H33N5O2Si2.C18H33ClN4O2Si2/c1-20-17-14-19(24-18(22-17)8-9-21-24)23(15-25-10-12-27(2,3)4)16-26-11-13-28(5,6)7;1-26(2,3)11-9-24-14-22(15-25-10-12-27(4,5)6)18-13-16(19)21-17-7-8-20-23(17)18/h8-9,14H,10-13,15-16H2,2-7H3;7-8,13H,9-12,14-15H2,1-6H3. The topological polar surface area (TPSA) is 108 Å². The van der Waals surface area contributed by atoms with E-state index in [-0.39, 0.29) is 0 Å². The average Bonchev–Trinajstić information content (AvgIpc) is 3.74. The van der Waals surface area contributed by atoms with Crippen molar-refractivity contribution in [3.05, 3.63) is 53.2 Å². The van der Waals surface area contributed by atoms with E-state index in [1.54, 1.807) is 33.6 Å². The Bertz CT molecular complexity index is 1750. The molecule has 306 valence electrons. The molecule has 0 aliphatic rings. The van der Waals surface area contributed by atoms with Crippen molar-refractivity contribution in [2.24, 2.45) is 0 Å². The van der Waals surface area contributed by atoms with Crippen molar-refractivity contribution in [3.63, 3.8) is 0 Å². The van der Waals surface area contributed by atoms with Crippen LogP contribution in [-0.4, -0.2) is 115 Å². The van der Waals surface area contributed by atoms with Gasteiger partial charge in [0.1, 0.15) is 43.7 Å². The van der Waals surface area contributed by atoms with Crippen LogP contribution in [-0.2, 0) is 18.9 Å². The Hall–Kier alpha value is -2.67. The summed E-state index contributed by atoms with van der Waals surface area (Å²) in [7, 11) is -4.53. The van der Waals surface area contributed by atoms with Gasteiger partial charge in [-0.3, -0.25) is 0 Å². The first-order valence-electron chi connectivity index (χ1n) is 19.2. The summed E-state index contributed by atoms with van der Waals surface area (Å²) < 4.78 is 27.4. The zero-order valence-corrected chi connectivity index (χ0v) is 40.2. The molecule has 0 unspecified atom stereocenters. The molecule has 18 heteroatoms. The molecular weight excluding hydrogens is 782 g/mol. The van der Waals surface area contributed by atoms with Crippen molar-refractivity contribution in [2.75, 3.05) is 63.2 Å². The van der Waals surface area contributed by atoms with Crippen molar-refractivity contribution in [1.82, 2.24) is 29.2 Å². The average molecular weight is 849 g/mol. The minimum atomic E-state index is -1.15. The summed E-state index contributed by atoms with van der Waals surface area (Å²) in [6.45, 7) is 40.1. The van der Waals surface area contributed by atoms with Crippen LogP contribution in [0.4, 0.5) is 17.5 Å². The minimum Gasteiger partial charge on any atom is -0.361 e. The summed E-state index contributed by atoms with van der Waals surface area (Å²) >= 11 is 6.22. The van der Waals surface area contributed by atoms with Crippen LogP contribution < -0.4 is 9.80 Å². The molecule has 0 aromatic carbocycles. The van der Waals surface area contributed by atoms with Crippen LogP contribution in [0, 0.1) is 6.57 Å². The van der Waals surface area contributed by atoms with E-state index in [1.165, 1.54) is 0 Å². The normalized spacial score (nSPS) is 12.5. The Morgan fingerprint density at radius 2 is 0.927 bits per heavy atom. The molecule has 4 aromatic heterocycles. The van der Waals surface area contributed by atoms with E-state index in [0.717, 1.165) is 62.2 Å². The molecule has 0 aliphatic heterocycles. The summed E-state index contributed by atoms with van der Waals surface area (Å²) in [5.41, 5.74) is 1.37. The summed E-state index contributed by atoms with van der Waals surface area (Å²) in [5, 5.41) is 9.17. The van der Waals surface area contributed by atoms with Crippen LogP contribution >= 0.6 is 11.6 Å². The maximum absolute atomic E-state index is 7.34. The molecule has 0 atom stereocenters. The van der Waals surface area contributed by atoms with Crippen LogP contribution in [0.5, 0.6) is 0 Å². The van der Waals surface area contributed by atoms with Gasteiger partial charge in [-0.1, -0.05) is 102 Å². The zero-order chi connectivity index (χ0) is 40.9. The fourth-order valence-electron chi connectivity index (χ4n) is 4.81. The van der Waals surface area contributed by atoms with Crippen molar-refractivity contribution in [3.8, 4) is 0 Å². The van der Waals surface area contributed by atoms with Gasteiger partial charge in [0.25, 0.3) is 11.5 Å². The number of ether oxygens (including phenoxy) is 4. The number of hydrogen-bond acceptors (Lipinski definition) is 10. The van der Waals surface area contributed by atoms with E-state index in [4.69, 9.17) is 37.1 Å². The Kier molecular flexibility index (Phi) is 18.0. The van der Waals surface area contributed by atoms with Gasteiger partial charge in [-0.05, 0) is 24.2 Å². The van der Waals surface area contributed by atoms with Gasteiger partial charge in [-0.15, -0.1) is 0 Å². The smallest absolute Gasteiger partial charge is 0.275 e. The number of anilines is 2. The van der Waals surface area contributed by atoms with E-state index in [0.29, 0.717) is 49.2 Å². The lowest BCUT2D eigenvalue weighted by molar-refractivity contribution is 0.0941. The monoisotopic (exact) mass is 847 g/mol. The second kappa shape index (κ2) is 21.2. The fourth-order valence-corrected chi connectivity index (χ4v) is 8.02. The number of hydrogen-bond donors (Lipinski definition) is 0. The van der Waals surface area contributed by atoms with Crippen LogP contribution in [0.1, 0.15) is 0 Å². The van der Waals surface area contributed by atoms with Gasteiger partial charge >= 0.3 is 0 Å². The molecule has 0 N–H and O–H groups in total. The van der Waals surface area contributed by atoms with Crippen molar-refractivity contribution in [2.45, 2.75) is 103 Å². The van der Waals surface area contributed by atoms with Crippen molar-refractivity contribution < 1.29 is 18.9 Å². The molecule has 4 heterocycles. The lowest BCUT2D eigenvalue weighted by Gasteiger charge is -2.26. The van der Waals surface area contributed by atoms with Crippen LogP contribution in [0.3, 0.4) is 0 Å². The van der Waals surface area contributed by atoms with Crippen LogP contribution in [0.15, 0.2) is 36.7 Å². The first-order chi connectivity index (χ1) is 25.6. The number of aromatic nitrogens is 6. The van der Waals surface area contributed by atoms with Gasteiger partial charge in [0, 0.05) is 83.0 Å². The summed E-state index contributed by atoms with van der Waals surface area (Å²) in [4.78, 5) is 16.1. The second-order valence-electron chi connectivity index (χ2n) is 18.7. The van der Waals surface area contributed by atoms with Gasteiger partial charge in [0.15, 0.2) is 5.65 Å². The summed E-state index contributed by atoms with van der Waals surface area (Å²) in [5.74, 6) is 1.94. The van der Waals surface area contributed by atoms with Gasteiger partial charge in [0.2, 0.25) is 0 Å². The minimum absolute atomic E-state index is 0.345. The van der Waals surface area contributed by atoms with E-state index in [2.05, 4.69) is 104 Å². The SMILES string of the molecule is C[Si](C)(C)CCOCN(COCC[Si](C)(C)C)c1cc(Cl)nc2ccnn12.[C-]#[N+]c1cc(N(COCC[Si](C)(C)C)COCC[Si](C)(C)C)n2nccc2n1. The summed E-state index contributed by atoms with van der Waals surface area (Å²) in [6.07, 6.45) is 3.41. The first kappa shape index (κ1) is 46.7. The molecule has 4 aromatic rings. The van der Waals surface area contributed by atoms with Crippen molar-refractivity contribution >= 4 is 72.6 Å². The highest BCUT2D eigenvalue weighted by Gasteiger charge is 2.20. The zero-order valence-electron chi connectivity index (χ0n) is 35.5. The number of nitrogens with zero attached hydrogens (tertiary/aromatic N) is 9. The third-order valence-corrected chi connectivity index (χ3v) is 15.4. The molecule has 0 fully saturated rings. The Morgan fingerprint density at radius 3 is 1.27 bits per heavy atom. The fraction of sp³-hybridized carbons (Fsp3) is 0.649. The highest BCUT2D eigenvalue weighted by molar-refractivity contribution is 6.77. The predicted molar refractivity (Wildman–Crippen MR) is 238 cm³/mol. The molecule has 0 aliphatic carbocycles. The first-order valence-corrected chi connectivity index (χ1v) is 34.4. The lowest BCUT2D eigenvalue weighted by atomic mass is 10.5. The molecule has 0 radical (unpaired) electrons. The highest BCUT2D eigenvalue weighted by atomic mass is 35.5. The maximum atomic E-state index is 7.34. The molecule has 55 heavy (non-hydrogen) atoms. The van der Waals surface area contributed by atoms with E-state index in [1.807, 2.05) is 21.9 Å². The molecule has 0 amide bonds. The van der Waals surface area contributed by atoms with E-state index >= 15 is 0 Å². The molecule has 0 spiro atoms. The Labute approximate surface area is 338 Å². The largest absolute Gasteiger partial charge is 0.361 e. The quantitative estimate of drug-likeness (QED) is 0.0250. The third kappa shape index (κ3) is 18.0. The van der Waals surface area contributed by atoms with Crippen molar-refractivity contribution in [1.29, 1.82) is 0 Å². The predicted octanol–water partition coefficient (Wildman–Crippen LogP) is 9.52. The van der Waals surface area contributed by atoms with Crippen LogP contribution in [0.25, 0.3) is 16.1 Å². The second-order valence-corrected chi connectivity index (χ2v) is 41.6. The van der Waals surface area contributed by atoms with Gasteiger partial charge in [-0.2, -0.15) is 19.2 Å².